The number of nitrogens with zero attached hydrogens (tertiary/aromatic N) is 1. The van der Waals surface area contributed by atoms with Crippen molar-refractivity contribution < 1.29 is 4.79 Å². The molecule has 0 aromatic rings. The summed E-state index contributed by atoms with van der Waals surface area (Å²) in [6.45, 7) is 0. The molecule has 0 aliphatic carbocycles. The van der Waals surface area contributed by atoms with E-state index in [1.165, 1.54) is 12.8 Å². The average molecular weight is 168 g/mol. The lowest BCUT2D eigenvalue weighted by atomic mass is 9.91. The van der Waals surface area contributed by atoms with E-state index in [4.69, 9.17) is 5.73 Å². The van der Waals surface area contributed by atoms with E-state index in [1.54, 1.807) is 0 Å². The molecule has 0 aromatic carbocycles. The van der Waals surface area contributed by atoms with Crippen LogP contribution in [0.4, 0.5) is 0 Å². The third kappa shape index (κ3) is 1.12. The molecule has 2 fully saturated rings. The van der Waals surface area contributed by atoms with E-state index in [1.807, 2.05) is 0 Å². The van der Waals surface area contributed by atoms with Crippen molar-refractivity contribution in [3.05, 3.63) is 0 Å². The van der Waals surface area contributed by atoms with Gasteiger partial charge in [0.25, 0.3) is 0 Å². The van der Waals surface area contributed by atoms with Gasteiger partial charge in [-0.1, -0.05) is 0 Å². The fraction of sp³-hybridized carbons (Fsp3) is 0.889. The first-order chi connectivity index (χ1) is 5.68. The predicted octanol–water partition coefficient (Wildman–Crippen LogP) is 0.344. The lowest BCUT2D eigenvalue weighted by Gasteiger charge is -2.34. The van der Waals surface area contributed by atoms with Gasteiger partial charge in [-0.3, -0.25) is 4.79 Å². The first-order valence-electron chi connectivity index (χ1n) is 4.69. The van der Waals surface area contributed by atoms with Gasteiger partial charge in [0, 0.05) is 18.0 Å². The number of primary amides is 1. The van der Waals surface area contributed by atoms with Crippen molar-refractivity contribution in [3.63, 3.8) is 0 Å². The maximum Gasteiger partial charge on any atom is 0.220 e. The molecule has 12 heavy (non-hydrogen) atoms. The molecule has 2 heterocycles. The molecule has 1 amide bonds. The van der Waals surface area contributed by atoms with Crippen molar-refractivity contribution in [2.45, 2.75) is 37.8 Å². The lowest BCUT2D eigenvalue weighted by Crippen LogP contribution is -2.43. The second kappa shape index (κ2) is 2.73. The van der Waals surface area contributed by atoms with Crippen molar-refractivity contribution in [3.8, 4) is 0 Å². The molecular weight excluding hydrogens is 152 g/mol. The van der Waals surface area contributed by atoms with E-state index in [0.717, 1.165) is 12.8 Å². The number of piperidine rings is 1. The number of hydrogen-bond acceptors (Lipinski definition) is 2. The molecular formula is C9H16N2O. The van der Waals surface area contributed by atoms with E-state index in [0.29, 0.717) is 12.1 Å². The van der Waals surface area contributed by atoms with E-state index < -0.39 is 0 Å². The summed E-state index contributed by atoms with van der Waals surface area (Å²) in [6.07, 6.45) is 4.49. The molecule has 3 nitrogen and oxygen atoms in total. The Morgan fingerprint density at radius 1 is 1.33 bits per heavy atom. The Labute approximate surface area is 72.9 Å². The molecule has 0 aromatic heterocycles. The molecule has 2 aliphatic rings. The Hall–Kier alpha value is -0.570. The van der Waals surface area contributed by atoms with E-state index in [9.17, 15) is 4.79 Å². The van der Waals surface area contributed by atoms with Gasteiger partial charge >= 0.3 is 0 Å². The van der Waals surface area contributed by atoms with Crippen LogP contribution < -0.4 is 5.73 Å². The Bertz CT molecular complexity index is 191. The minimum Gasteiger partial charge on any atom is -0.369 e. The van der Waals surface area contributed by atoms with Crippen LogP contribution in [0, 0.1) is 5.92 Å². The van der Waals surface area contributed by atoms with Crippen LogP contribution >= 0.6 is 0 Å². The number of carbonyl (C=O) groups is 1. The van der Waals surface area contributed by atoms with Crippen LogP contribution in [0.25, 0.3) is 0 Å². The quantitative estimate of drug-likeness (QED) is 0.614. The Morgan fingerprint density at radius 3 is 2.25 bits per heavy atom. The highest BCUT2D eigenvalue weighted by Gasteiger charge is 2.39. The molecule has 2 N–H and O–H groups in total. The SMILES string of the molecule is CN1C2CCC1CC(C(N)=O)C2. The first kappa shape index (κ1) is 8.05. The average Bonchev–Trinajstić information content (AvgIpc) is 2.30. The van der Waals surface area contributed by atoms with Gasteiger partial charge in [0.15, 0.2) is 0 Å². The zero-order chi connectivity index (χ0) is 8.72. The summed E-state index contributed by atoms with van der Waals surface area (Å²) in [7, 11) is 2.17. The first-order valence-corrected chi connectivity index (χ1v) is 4.69. The zero-order valence-electron chi connectivity index (χ0n) is 7.49. The number of hydrogen-bond donors (Lipinski definition) is 1. The van der Waals surface area contributed by atoms with Gasteiger partial charge in [-0.2, -0.15) is 0 Å². The maximum absolute atomic E-state index is 11.0. The Kier molecular flexibility index (Phi) is 1.83. The minimum atomic E-state index is -0.0972. The van der Waals surface area contributed by atoms with E-state index >= 15 is 0 Å². The summed E-state index contributed by atoms with van der Waals surface area (Å²) in [5.74, 6) is 0.0544. The second-order valence-corrected chi connectivity index (χ2v) is 4.12. The van der Waals surface area contributed by atoms with Crippen LogP contribution in [0.2, 0.25) is 0 Å². The number of fused-ring (bicyclic) bond motifs is 2. The monoisotopic (exact) mass is 168 g/mol. The molecule has 2 aliphatic heterocycles. The molecule has 3 heteroatoms. The number of nitrogens with two attached hydrogens (primary N) is 1. The van der Waals surface area contributed by atoms with Gasteiger partial charge in [-0.25, -0.2) is 0 Å². The molecule has 2 atom stereocenters. The van der Waals surface area contributed by atoms with E-state index in [2.05, 4.69) is 11.9 Å². The maximum atomic E-state index is 11.0. The van der Waals surface area contributed by atoms with Gasteiger partial charge < -0.3 is 10.6 Å². The fourth-order valence-corrected chi connectivity index (χ4v) is 2.64. The van der Waals surface area contributed by atoms with Gasteiger partial charge in [-0.15, -0.1) is 0 Å². The summed E-state index contributed by atoms with van der Waals surface area (Å²) >= 11 is 0. The standard InChI is InChI=1S/C9H16N2O/c1-11-7-2-3-8(11)5-6(4-7)9(10)12/h6-8H,2-5H2,1H3,(H2,10,12). The molecule has 2 bridgehead atoms. The third-order valence-electron chi connectivity index (χ3n) is 3.50. The normalized spacial score (nSPS) is 41.6. The van der Waals surface area contributed by atoms with Crippen LogP contribution in [-0.4, -0.2) is 29.9 Å². The molecule has 68 valence electrons. The number of amides is 1. The summed E-state index contributed by atoms with van der Waals surface area (Å²) in [6, 6.07) is 1.25. The Morgan fingerprint density at radius 2 is 1.83 bits per heavy atom. The summed E-state index contributed by atoms with van der Waals surface area (Å²) in [4.78, 5) is 13.4. The smallest absolute Gasteiger partial charge is 0.220 e. The zero-order valence-corrected chi connectivity index (χ0v) is 7.49. The van der Waals surface area contributed by atoms with Crippen LogP contribution in [0.15, 0.2) is 0 Å². The van der Waals surface area contributed by atoms with Crippen LogP contribution in [0.5, 0.6) is 0 Å². The molecule has 0 saturated carbocycles. The minimum absolute atomic E-state index is 0.0972. The summed E-state index contributed by atoms with van der Waals surface area (Å²) in [5, 5.41) is 0. The van der Waals surface area contributed by atoms with Crippen molar-refractivity contribution in [2.24, 2.45) is 11.7 Å². The van der Waals surface area contributed by atoms with Crippen molar-refractivity contribution in [1.29, 1.82) is 0 Å². The van der Waals surface area contributed by atoms with Gasteiger partial charge in [-0.05, 0) is 32.7 Å². The number of carbonyl (C=O) groups excluding carboxylic acids is 1. The van der Waals surface area contributed by atoms with Crippen molar-refractivity contribution in [1.82, 2.24) is 4.90 Å². The van der Waals surface area contributed by atoms with Crippen LogP contribution in [0.3, 0.4) is 0 Å². The predicted molar refractivity (Wildman–Crippen MR) is 46.5 cm³/mol. The van der Waals surface area contributed by atoms with Crippen molar-refractivity contribution >= 4 is 5.91 Å². The summed E-state index contributed by atoms with van der Waals surface area (Å²) < 4.78 is 0. The molecule has 2 saturated heterocycles. The highest BCUT2D eigenvalue weighted by atomic mass is 16.1. The second-order valence-electron chi connectivity index (χ2n) is 4.12. The van der Waals surface area contributed by atoms with Gasteiger partial charge in [0.2, 0.25) is 5.91 Å². The third-order valence-corrected chi connectivity index (χ3v) is 3.50. The van der Waals surface area contributed by atoms with Crippen molar-refractivity contribution in [2.75, 3.05) is 7.05 Å². The summed E-state index contributed by atoms with van der Waals surface area (Å²) in [5.41, 5.74) is 5.31. The van der Waals surface area contributed by atoms with Crippen LogP contribution in [0.1, 0.15) is 25.7 Å². The molecule has 0 spiro atoms. The van der Waals surface area contributed by atoms with Crippen LogP contribution in [-0.2, 0) is 4.79 Å². The van der Waals surface area contributed by atoms with Gasteiger partial charge in [0.05, 0.1) is 0 Å². The molecule has 2 rings (SSSR count). The largest absolute Gasteiger partial charge is 0.369 e. The highest BCUT2D eigenvalue weighted by Crippen LogP contribution is 2.36. The molecule has 2 unspecified atom stereocenters. The Balaban J connectivity index is 2.07. The fourth-order valence-electron chi connectivity index (χ4n) is 2.64. The topological polar surface area (TPSA) is 46.3 Å². The molecule has 0 radical (unpaired) electrons. The lowest BCUT2D eigenvalue weighted by molar-refractivity contribution is -0.123. The van der Waals surface area contributed by atoms with Gasteiger partial charge in [0.1, 0.15) is 0 Å². The highest BCUT2D eigenvalue weighted by molar-refractivity contribution is 5.76. The number of rotatable bonds is 1. The van der Waals surface area contributed by atoms with E-state index in [-0.39, 0.29) is 11.8 Å².